The van der Waals surface area contributed by atoms with Gasteiger partial charge in [-0.1, -0.05) is 54.6 Å². The SMILES string of the molecule is O=S(=O)(NCC(O)c1ccc2ccccc2c1)c1ccccc1. The van der Waals surface area contributed by atoms with E-state index in [2.05, 4.69) is 4.72 Å². The molecule has 0 fully saturated rings. The minimum atomic E-state index is -3.62. The van der Waals surface area contributed by atoms with E-state index in [1.165, 1.54) is 12.1 Å². The van der Waals surface area contributed by atoms with Gasteiger partial charge in [-0.3, -0.25) is 0 Å². The summed E-state index contributed by atoms with van der Waals surface area (Å²) in [5.74, 6) is 0. The second-order valence-corrected chi connectivity index (χ2v) is 7.05. The van der Waals surface area contributed by atoms with E-state index in [0.29, 0.717) is 5.56 Å². The minimum Gasteiger partial charge on any atom is -0.387 e. The van der Waals surface area contributed by atoms with Crippen molar-refractivity contribution in [3.05, 3.63) is 78.4 Å². The molecule has 0 heterocycles. The highest BCUT2D eigenvalue weighted by Gasteiger charge is 2.16. The Balaban J connectivity index is 1.74. The predicted octanol–water partition coefficient (Wildman–Crippen LogP) is 2.85. The van der Waals surface area contributed by atoms with Crippen molar-refractivity contribution in [2.45, 2.75) is 11.0 Å². The Labute approximate surface area is 135 Å². The van der Waals surface area contributed by atoms with E-state index in [-0.39, 0.29) is 11.4 Å². The van der Waals surface area contributed by atoms with E-state index < -0.39 is 16.1 Å². The Bertz CT molecular complexity index is 908. The fourth-order valence-corrected chi connectivity index (χ4v) is 3.46. The van der Waals surface area contributed by atoms with Gasteiger partial charge in [0, 0.05) is 6.54 Å². The van der Waals surface area contributed by atoms with Gasteiger partial charge >= 0.3 is 0 Å². The second-order valence-electron chi connectivity index (χ2n) is 5.29. The highest BCUT2D eigenvalue weighted by atomic mass is 32.2. The normalized spacial score (nSPS) is 13.1. The maximum absolute atomic E-state index is 12.2. The Morgan fingerprint density at radius 2 is 1.52 bits per heavy atom. The van der Waals surface area contributed by atoms with Gasteiger partial charge in [0.2, 0.25) is 10.0 Å². The molecule has 0 radical (unpaired) electrons. The molecule has 0 bridgehead atoms. The van der Waals surface area contributed by atoms with Crippen LogP contribution in [0.25, 0.3) is 10.8 Å². The molecule has 3 aromatic rings. The Morgan fingerprint density at radius 1 is 0.870 bits per heavy atom. The molecular weight excluding hydrogens is 310 g/mol. The lowest BCUT2D eigenvalue weighted by Crippen LogP contribution is -2.28. The first kappa shape index (κ1) is 15.7. The van der Waals surface area contributed by atoms with Crippen molar-refractivity contribution in [3.63, 3.8) is 0 Å². The third-order valence-corrected chi connectivity index (χ3v) is 5.12. The standard InChI is InChI=1S/C18H17NO3S/c20-18(13-19-23(21,22)17-8-2-1-3-9-17)16-11-10-14-6-4-5-7-15(14)12-16/h1-12,18-20H,13H2. The summed E-state index contributed by atoms with van der Waals surface area (Å²) >= 11 is 0. The molecule has 1 unspecified atom stereocenters. The molecule has 118 valence electrons. The first-order valence-corrected chi connectivity index (χ1v) is 8.76. The highest BCUT2D eigenvalue weighted by Crippen LogP contribution is 2.20. The lowest BCUT2D eigenvalue weighted by molar-refractivity contribution is 0.182. The van der Waals surface area contributed by atoms with Gasteiger partial charge in [0.25, 0.3) is 0 Å². The predicted molar refractivity (Wildman–Crippen MR) is 90.5 cm³/mol. The number of hydrogen-bond donors (Lipinski definition) is 2. The fourth-order valence-electron chi connectivity index (χ4n) is 2.40. The third-order valence-electron chi connectivity index (χ3n) is 3.68. The zero-order valence-electron chi connectivity index (χ0n) is 12.4. The average molecular weight is 327 g/mol. The lowest BCUT2D eigenvalue weighted by atomic mass is 10.0. The molecule has 0 aliphatic rings. The Morgan fingerprint density at radius 3 is 2.26 bits per heavy atom. The van der Waals surface area contributed by atoms with Crippen molar-refractivity contribution in [1.82, 2.24) is 4.72 Å². The maximum atomic E-state index is 12.2. The average Bonchev–Trinajstić information content (AvgIpc) is 2.60. The molecule has 0 aliphatic carbocycles. The number of sulfonamides is 1. The van der Waals surface area contributed by atoms with Crippen molar-refractivity contribution in [1.29, 1.82) is 0 Å². The van der Waals surface area contributed by atoms with Crippen LogP contribution >= 0.6 is 0 Å². The zero-order valence-corrected chi connectivity index (χ0v) is 13.2. The molecule has 3 rings (SSSR count). The number of rotatable bonds is 5. The van der Waals surface area contributed by atoms with E-state index in [4.69, 9.17) is 0 Å². The van der Waals surface area contributed by atoms with Crippen LogP contribution in [0.3, 0.4) is 0 Å². The van der Waals surface area contributed by atoms with Crippen molar-refractivity contribution in [3.8, 4) is 0 Å². The maximum Gasteiger partial charge on any atom is 0.240 e. The van der Waals surface area contributed by atoms with Crippen molar-refractivity contribution >= 4 is 20.8 Å². The number of hydrogen-bond acceptors (Lipinski definition) is 3. The third kappa shape index (κ3) is 3.59. The number of fused-ring (bicyclic) bond motifs is 1. The monoisotopic (exact) mass is 327 g/mol. The van der Waals surface area contributed by atoms with Gasteiger partial charge in [0.15, 0.2) is 0 Å². The fraction of sp³-hybridized carbons (Fsp3) is 0.111. The van der Waals surface area contributed by atoms with Crippen LogP contribution in [0.4, 0.5) is 0 Å². The molecule has 1 atom stereocenters. The molecule has 2 N–H and O–H groups in total. The number of aliphatic hydroxyl groups is 1. The molecular formula is C18H17NO3S. The largest absolute Gasteiger partial charge is 0.387 e. The summed E-state index contributed by atoms with van der Waals surface area (Å²) < 4.78 is 26.8. The van der Waals surface area contributed by atoms with Crippen molar-refractivity contribution in [2.75, 3.05) is 6.54 Å². The van der Waals surface area contributed by atoms with Crippen LogP contribution in [0, 0.1) is 0 Å². The quantitative estimate of drug-likeness (QED) is 0.757. The topological polar surface area (TPSA) is 66.4 Å². The summed E-state index contributed by atoms with van der Waals surface area (Å²) in [6.45, 7) is -0.0738. The summed E-state index contributed by atoms with van der Waals surface area (Å²) in [6.07, 6.45) is -0.905. The summed E-state index contributed by atoms with van der Waals surface area (Å²) in [4.78, 5) is 0.186. The molecule has 4 nitrogen and oxygen atoms in total. The summed E-state index contributed by atoms with van der Waals surface area (Å²) in [5.41, 5.74) is 0.680. The minimum absolute atomic E-state index is 0.0738. The van der Waals surface area contributed by atoms with Gasteiger partial charge in [-0.2, -0.15) is 0 Å². The molecule has 0 aliphatic heterocycles. The first-order chi connectivity index (χ1) is 11.1. The molecule has 0 amide bonds. The van der Waals surface area contributed by atoms with Gasteiger partial charge in [0.05, 0.1) is 11.0 Å². The van der Waals surface area contributed by atoms with Crippen LogP contribution in [0.1, 0.15) is 11.7 Å². The summed E-state index contributed by atoms with van der Waals surface area (Å²) in [5, 5.41) is 12.3. The molecule has 0 spiro atoms. The van der Waals surface area contributed by atoms with Crippen LogP contribution in [0.15, 0.2) is 77.7 Å². The number of benzene rings is 3. The first-order valence-electron chi connectivity index (χ1n) is 7.28. The molecule has 3 aromatic carbocycles. The molecule has 5 heteroatoms. The van der Waals surface area contributed by atoms with Crippen LogP contribution in [-0.2, 0) is 10.0 Å². The molecule has 0 aromatic heterocycles. The smallest absolute Gasteiger partial charge is 0.240 e. The highest BCUT2D eigenvalue weighted by molar-refractivity contribution is 7.89. The van der Waals surface area contributed by atoms with Crippen LogP contribution < -0.4 is 4.72 Å². The molecule has 23 heavy (non-hydrogen) atoms. The van der Waals surface area contributed by atoms with E-state index in [0.717, 1.165) is 10.8 Å². The van der Waals surface area contributed by atoms with Crippen molar-refractivity contribution in [2.24, 2.45) is 0 Å². The van der Waals surface area contributed by atoms with E-state index in [9.17, 15) is 13.5 Å². The zero-order chi connectivity index (χ0) is 16.3. The van der Waals surface area contributed by atoms with Gasteiger partial charge in [0.1, 0.15) is 0 Å². The Hall–Kier alpha value is -2.21. The molecule has 0 saturated heterocycles. The van der Waals surface area contributed by atoms with Crippen LogP contribution in [0.5, 0.6) is 0 Å². The summed E-state index contributed by atoms with van der Waals surface area (Å²) in [6, 6.07) is 21.5. The number of nitrogens with one attached hydrogen (secondary N) is 1. The lowest BCUT2D eigenvalue weighted by Gasteiger charge is -2.13. The van der Waals surface area contributed by atoms with Gasteiger partial charge in [-0.05, 0) is 34.5 Å². The van der Waals surface area contributed by atoms with E-state index in [1.54, 1.807) is 18.2 Å². The van der Waals surface area contributed by atoms with Crippen LogP contribution in [0.2, 0.25) is 0 Å². The summed E-state index contributed by atoms with van der Waals surface area (Å²) in [7, 11) is -3.62. The van der Waals surface area contributed by atoms with Gasteiger partial charge < -0.3 is 5.11 Å². The van der Waals surface area contributed by atoms with Crippen molar-refractivity contribution < 1.29 is 13.5 Å². The Kier molecular flexibility index (Phi) is 4.43. The number of aliphatic hydroxyl groups excluding tert-OH is 1. The van der Waals surface area contributed by atoms with Crippen LogP contribution in [-0.4, -0.2) is 20.1 Å². The van der Waals surface area contributed by atoms with E-state index in [1.807, 2.05) is 42.5 Å². The van der Waals surface area contributed by atoms with Gasteiger partial charge in [-0.25, -0.2) is 13.1 Å². The van der Waals surface area contributed by atoms with Gasteiger partial charge in [-0.15, -0.1) is 0 Å². The second kappa shape index (κ2) is 6.50. The molecule has 0 saturated carbocycles. The van der Waals surface area contributed by atoms with E-state index >= 15 is 0 Å².